The molecular weight excluding hydrogens is 328 g/mol. The number of carbonyl (C=O) groups excluding carboxylic acids is 2. The number of rotatable bonds is 7. The van der Waals surface area contributed by atoms with E-state index in [0.717, 1.165) is 3.79 Å². The van der Waals surface area contributed by atoms with Crippen LogP contribution in [0, 0.1) is 0 Å². The molecule has 1 aromatic rings. The fraction of sp³-hybridized carbons (Fsp3) is 0.538. The van der Waals surface area contributed by atoms with E-state index in [1.807, 2.05) is 19.9 Å². The third kappa shape index (κ3) is 5.04. The fourth-order valence-electron chi connectivity index (χ4n) is 1.75. The molecule has 0 saturated heterocycles. The first-order valence-electron chi connectivity index (χ1n) is 6.22. The molecule has 1 rings (SSSR count). The summed E-state index contributed by atoms with van der Waals surface area (Å²) in [6.07, 6.45) is 0. The number of halogens is 1. The first-order valence-corrected chi connectivity index (χ1v) is 7.83. The van der Waals surface area contributed by atoms with Crippen LogP contribution < -0.4 is 0 Å². The number of nitrogens with zero attached hydrogens (tertiary/aromatic N) is 2. The average Bonchev–Trinajstić information content (AvgIpc) is 2.77. The summed E-state index contributed by atoms with van der Waals surface area (Å²) in [5.41, 5.74) is 0. The van der Waals surface area contributed by atoms with Crippen LogP contribution in [0.2, 0.25) is 0 Å². The quantitative estimate of drug-likeness (QED) is 0.712. The number of carbonyl (C=O) groups is 2. The summed E-state index contributed by atoms with van der Waals surface area (Å²) >= 11 is 4.75. The maximum Gasteiger partial charge on any atom is 0.236 e. The second-order valence-corrected chi connectivity index (χ2v) is 6.73. The van der Waals surface area contributed by atoms with Gasteiger partial charge in [0.25, 0.3) is 0 Å². The van der Waals surface area contributed by atoms with E-state index in [9.17, 15) is 9.59 Å². The molecule has 19 heavy (non-hydrogen) atoms. The van der Waals surface area contributed by atoms with Crippen molar-refractivity contribution in [3.63, 3.8) is 0 Å². The van der Waals surface area contributed by atoms with Crippen molar-refractivity contribution in [2.75, 3.05) is 33.2 Å². The zero-order chi connectivity index (χ0) is 14.4. The van der Waals surface area contributed by atoms with E-state index in [0.29, 0.717) is 18.0 Å². The molecule has 1 amide bonds. The van der Waals surface area contributed by atoms with E-state index in [1.54, 1.807) is 22.9 Å². The largest absolute Gasteiger partial charge is 0.342 e. The predicted molar refractivity (Wildman–Crippen MR) is 81.8 cm³/mol. The van der Waals surface area contributed by atoms with Crippen LogP contribution in [-0.2, 0) is 4.79 Å². The minimum Gasteiger partial charge on any atom is -0.342 e. The summed E-state index contributed by atoms with van der Waals surface area (Å²) in [5, 5.41) is 0. The molecule has 106 valence electrons. The van der Waals surface area contributed by atoms with Crippen molar-refractivity contribution in [2.45, 2.75) is 13.8 Å². The Labute approximate surface area is 126 Å². The molecule has 0 fully saturated rings. The summed E-state index contributed by atoms with van der Waals surface area (Å²) in [6.45, 7) is 5.86. The summed E-state index contributed by atoms with van der Waals surface area (Å²) in [7, 11) is 1.79. The lowest BCUT2D eigenvalue weighted by atomic mass is 10.3. The molecule has 1 aromatic heterocycles. The van der Waals surface area contributed by atoms with Gasteiger partial charge in [-0.3, -0.25) is 14.5 Å². The Morgan fingerprint density at radius 1 is 1.21 bits per heavy atom. The van der Waals surface area contributed by atoms with Gasteiger partial charge in [-0.05, 0) is 49.0 Å². The van der Waals surface area contributed by atoms with Crippen molar-refractivity contribution in [3.8, 4) is 0 Å². The molecule has 0 saturated carbocycles. The van der Waals surface area contributed by atoms with E-state index >= 15 is 0 Å². The van der Waals surface area contributed by atoms with Crippen molar-refractivity contribution in [1.82, 2.24) is 9.80 Å². The zero-order valence-electron chi connectivity index (χ0n) is 11.5. The topological polar surface area (TPSA) is 40.6 Å². The lowest BCUT2D eigenvalue weighted by Crippen LogP contribution is -2.40. The summed E-state index contributed by atoms with van der Waals surface area (Å²) in [6, 6.07) is 3.66. The third-order valence-electron chi connectivity index (χ3n) is 2.78. The van der Waals surface area contributed by atoms with Crippen molar-refractivity contribution >= 4 is 39.0 Å². The summed E-state index contributed by atoms with van der Waals surface area (Å²) in [4.78, 5) is 28.1. The highest BCUT2D eigenvalue weighted by molar-refractivity contribution is 9.11. The number of likely N-dealkylation sites (N-methyl/N-ethyl adjacent to an activating group) is 2. The van der Waals surface area contributed by atoms with Crippen LogP contribution in [0.1, 0.15) is 23.5 Å². The van der Waals surface area contributed by atoms with Gasteiger partial charge >= 0.3 is 0 Å². The van der Waals surface area contributed by atoms with Gasteiger partial charge < -0.3 is 4.90 Å². The predicted octanol–water partition coefficient (Wildman–Crippen LogP) is 2.49. The molecule has 4 nitrogen and oxygen atoms in total. The van der Waals surface area contributed by atoms with Crippen molar-refractivity contribution < 1.29 is 9.59 Å². The summed E-state index contributed by atoms with van der Waals surface area (Å²) in [5.74, 6) is 0.109. The van der Waals surface area contributed by atoms with Gasteiger partial charge in [0.1, 0.15) is 0 Å². The Balaban J connectivity index is 2.49. The van der Waals surface area contributed by atoms with Crippen LogP contribution in [0.5, 0.6) is 0 Å². The molecule has 0 unspecified atom stereocenters. The Kier molecular flexibility index (Phi) is 6.68. The Morgan fingerprint density at radius 3 is 2.32 bits per heavy atom. The van der Waals surface area contributed by atoms with Crippen molar-refractivity contribution in [1.29, 1.82) is 0 Å². The van der Waals surface area contributed by atoms with Crippen molar-refractivity contribution in [2.24, 2.45) is 0 Å². The second kappa shape index (κ2) is 7.77. The first-order chi connectivity index (χ1) is 8.97. The van der Waals surface area contributed by atoms with E-state index < -0.39 is 0 Å². The normalized spacial score (nSPS) is 10.8. The molecule has 0 N–H and O–H groups in total. The van der Waals surface area contributed by atoms with Crippen LogP contribution in [-0.4, -0.2) is 54.7 Å². The smallest absolute Gasteiger partial charge is 0.236 e. The number of thiophene rings is 1. The molecule has 0 spiro atoms. The van der Waals surface area contributed by atoms with Crippen LogP contribution in [0.15, 0.2) is 15.9 Å². The highest BCUT2D eigenvalue weighted by Crippen LogP contribution is 2.22. The van der Waals surface area contributed by atoms with E-state index in [1.165, 1.54) is 11.3 Å². The van der Waals surface area contributed by atoms with Gasteiger partial charge in [0, 0.05) is 13.1 Å². The van der Waals surface area contributed by atoms with Crippen LogP contribution in [0.4, 0.5) is 0 Å². The van der Waals surface area contributed by atoms with E-state index in [-0.39, 0.29) is 24.8 Å². The van der Waals surface area contributed by atoms with Crippen LogP contribution >= 0.6 is 27.3 Å². The molecule has 0 atom stereocenters. The molecule has 0 bridgehead atoms. The standard InChI is InChI=1S/C13H19BrN2O2S/c1-4-16(5-2)13(18)9-15(3)8-10(17)11-6-7-12(14)19-11/h6-7H,4-5,8-9H2,1-3H3. The highest BCUT2D eigenvalue weighted by Gasteiger charge is 2.16. The fourth-order valence-corrected chi connectivity index (χ4v) is 3.07. The molecule has 0 aliphatic heterocycles. The molecule has 1 heterocycles. The van der Waals surface area contributed by atoms with E-state index in [2.05, 4.69) is 15.9 Å². The number of hydrogen-bond acceptors (Lipinski definition) is 4. The Hall–Kier alpha value is -0.720. The monoisotopic (exact) mass is 346 g/mol. The zero-order valence-corrected chi connectivity index (χ0v) is 13.9. The first kappa shape index (κ1) is 16.3. The molecule has 0 aromatic carbocycles. The van der Waals surface area contributed by atoms with Gasteiger partial charge in [-0.2, -0.15) is 0 Å². The van der Waals surface area contributed by atoms with Crippen LogP contribution in [0.3, 0.4) is 0 Å². The molecule has 0 radical (unpaired) electrons. The van der Waals surface area contributed by atoms with Gasteiger partial charge in [-0.25, -0.2) is 0 Å². The summed E-state index contributed by atoms with van der Waals surface area (Å²) < 4.78 is 0.942. The molecule has 0 aliphatic rings. The van der Waals surface area contributed by atoms with Gasteiger partial charge in [0.15, 0.2) is 5.78 Å². The second-order valence-electron chi connectivity index (χ2n) is 4.27. The number of ketones is 1. The van der Waals surface area contributed by atoms with Gasteiger partial charge in [-0.1, -0.05) is 0 Å². The average molecular weight is 347 g/mol. The maximum absolute atomic E-state index is 12.0. The molecule has 6 heteroatoms. The molecular formula is C13H19BrN2O2S. The Morgan fingerprint density at radius 2 is 1.84 bits per heavy atom. The van der Waals surface area contributed by atoms with E-state index in [4.69, 9.17) is 0 Å². The third-order valence-corrected chi connectivity index (χ3v) is 4.45. The number of amides is 1. The molecule has 0 aliphatic carbocycles. The Bertz CT molecular complexity index is 444. The number of Topliss-reactive ketones (excluding diaryl/α,β-unsaturated/α-hetero) is 1. The van der Waals surface area contributed by atoms with Crippen LogP contribution in [0.25, 0.3) is 0 Å². The SMILES string of the molecule is CCN(CC)C(=O)CN(C)CC(=O)c1ccc(Br)s1. The van der Waals surface area contributed by atoms with Gasteiger partial charge in [0.05, 0.1) is 21.8 Å². The lowest BCUT2D eigenvalue weighted by molar-refractivity contribution is -0.131. The van der Waals surface area contributed by atoms with Gasteiger partial charge in [-0.15, -0.1) is 11.3 Å². The highest BCUT2D eigenvalue weighted by atomic mass is 79.9. The lowest BCUT2D eigenvalue weighted by Gasteiger charge is -2.22. The number of hydrogen-bond donors (Lipinski definition) is 0. The minimum absolute atomic E-state index is 0.0468. The minimum atomic E-state index is 0.0468. The van der Waals surface area contributed by atoms with Gasteiger partial charge in [0.2, 0.25) is 5.91 Å². The maximum atomic E-state index is 12.0. The van der Waals surface area contributed by atoms with Crippen molar-refractivity contribution in [3.05, 3.63) is 20.8 Å².